The van der Waals surface area contributed by atoms with E-state index in [9.17, 15) is 9.18 Å². The first-order valence-corrected chi connectivity index (χ1v) is 5.45. The molecule has 0 aromatic rings. The van der Waals surface area contributed by atoms with E-state index < -0.39 is 4.58 Å². The van der Waals surface area contributed by atoms with Crippen LogP contribution in [0.1, 0.15) is 0 Å². The minimum atomic E-state index is -1.69. The van der Waals surface area contributed by atoms with Gasteiger partial charge in [0.05, 0.1) is 10.4 Å². The van der Waals surface area contributed by atoms with Crippen LogP contribution in [0.25, 0.3) is 0 Å². The molecule has 1 aliphatic carbocycles. The molecule has 5 heteroatoms. The van der Waals surface area contributed by atoms with Crippen LogP contribution in [0.4, 0.5) is 4.39 Å². The summed E-state index contributed by atoms with van der Waals surface area (Å²) < 4.78 is 12.5. The van der Waals surface area contributed by atoms with Gasteiger partial charge in [0.15, 0.2) is 0 Å². The number of aldehydes is 1. The van der Waals surface area contributed by atoms with Gasteiger partial charge in [0, 0.05) is 4.48 Å². The van der Waals surface area contributed by atoms with E-state index in [2.05, 4.69) is 47.8 Å². The Morgan fingerprint density at radius 1 is 1.58 bits per heavy atom. The van der Waals surface area contributed by atoms with Crippen molar-refractivity contribution < 1.29 is 9.18 Å². The summed E-state index contributed by atoms with van der Waals surface area (Å²) in [7, 11) is 0. The minimum Gasteiger partial charge on any atom is -0.302 e. The first kappa shape index (κ1) is 10.6. The molecule has 0 saturated heterocycles. The van der Waals surface area contributed by atoms with E-state index in [1.165, 1.54) is 12.2 Å². The zero-order valence-corrected chi connectivity index (χ0v) is 10.5. The Kier molecular flexibility index (Phi) is 3.28. The summed E-state index contributed by atoms with van der Waals surface area (Å²) >= 11 is 9.04. The lowest BCUT2D eigenvalue weighted by Crippen LogP contribution is -2.18. The van der Waals surface area contributed by atoms with Gasteiger partial charge in [0.2, 0.25) is 4.58 Å². The van der Waals surface area contributed by atoms with Gasteiger partial charge in [-0.1, -0.05) is 22.0 Å². The van der Waals surface area contributed by atoms with Crippen molar-refractivity contribution in [3.63, 3.8) is 0 Å². The molecule has 0 amide bonds. The molecular weight excluding hydrogens is 359 g/mol. The molecule has 0 aromatic heterocycles. The normalized spacial score (nSPS) is 35.5. The molecule has 0 saturated carbocycles. The highest BCUT2D eigenvalue weighted by molar-refractivity contribution is 9.15. The number of allylic oxidation sites excluding steroid dienone is 4. The summed E-state index contributed by atoms with van der Waals surface area (Å²) in [6.07, 6.45) is 3.53. The average Bonchev–Trinajstić information content (AvgIpc) is 2.01. The molecule has 0 spiro atoms. The van der Waals surface area contributed by atoms with Crippen molar-refractivity contribution in [3.8, 4) is 0 Å². The largest absolute Gasteiger partial charge is 0.302 e. The number of rotatable bonds is 1. The van der Waals surface area contributed by atoms with Crippen molar-refractivity contribution in [1.29, 1.82) is 0 Å². The highest BCUT2D eigenvalue weighted by Gasteiger charge is 2.33. The van der Waals surface area contributed by atoms with Crippen LogP contribution in [-0.2, 0) is 4.79 Å². The number of hydrogen-bond acceptors (Lipinski definition) is 1. The van der Waals surface area contributed by atoms with Gasteiger partial charge in [-0.2, -0.15) is 0 Å². The standard InChI is InChI=1S/C7H4Br3FO/c8-5-4(3-12)1-2-7(10,11)6(5)9/h1-4H. The van der Waals surface area contributed by atoms with Crippen molar-refractivity contribution in [1.82, 2.24) is 0 Å². The van der Waals surface area contributed by atoms with E-state index >= 15 is 0 Å². The molecule has 0 radical (unpaired) electrons. The summed E-state index contributed by atoms with van der Waals surface area (Å²) in [5, 5.41) is 0. The molecule has 66 valence electrons. The molecule has 12 heavy (non-hydrogen) atoms. The monoisotopic (exact) mass is 360 g/mol. The van der Waals surface area contributed by atoms with Crippen molar-refractivity contribution >= 4 is 54.1 Å². The lowest BCUT2D eigenvalue weighted by Gasteiger charge is -2.21. The second-order valence-electron chi connectivity index (χ2n) is 2.31. The first-order valence-electron chi connectivity index (χ1n) is 3.07. The third kappa shape index (κ3) is 1.88. The Morgan fingerprint density at radius 3 is 2.67 bits per heavy atom. The predicted molar refractivity (Wildman–Crippen MR) is 56.3 cm³/mol. The minimum absolute atomic E-state index is 0.301. The summed E-state index contributed by atoms with van der Waals surface area (Å²) in [6.45, 7) is 0. The Morgan fingerprint density at radius 2 is 2.17 bits per heavy atom. The Bertz CT molecular complexity index is 270. The average molecular weight is 363 g/mol. The lowest BCUT2D eigenvalue weighted by molar-refractivity contribution is -0.109. The summed E-state index contributed by atoms with van der Waals surface area (Å²) in [4.78, 5) is 10.5. The summed E-state index contributed by atoms with van der Waals surface area (Å²) in [5.74, 6) is -0.388. The molecule has 0 aliphatic heterocycles. The highest BCUT2D eigenvalue weighted by Crippen LogP contribution is 2.44. The second-order valence-corrected chi connectivity index (χ2v) is 5.11. The number of carbonyl (C=O) groups is 1. The molecule has 2 atom stereocenters. The molecule has 0 N–H and O–H groups in total. The Balaban J connectivity index is 3.07. The van der Waals surface area contributed by atoms with E-state index in [0.717, 1.165) is 6.29 Å². The number of hydrogen-bond donors (Lipinski definition) is 0. The Labute approximate surface area is 94.5 Å². The molecule has 0 bridgehead atoms. The van der Waals surface area contributed by atoms with Gasteiger partial charge in [-0.3, -0.25) is 0 Å². The fourth-order valence-corrected chi connectivity index (χ4v) is 2.37. The third-order valence-electron chi connectivity index (χ3n) is 1.45. The van der Waals surface area contributed by atoms with Gasteiger partial charge in [-0.05, 0) is 37.9 Å². The topological polar surface area (TPSA) is 17.1 Å². The van der Waals surface area contributed by atoms with Crippen LogP contribution in [0.2, 0.25) is 0 Å². The van der Waals surface area contributed by atoms with Crippen LogP contribution < -0.4 is 0 Å². The van der Waals surface area contributed by atoms with Gasteiger partial charge >= 0.3 is 0 Å². The highest BCUT2D eigenvalue weighted by atomic mass is 79.9. The molecule has 0 heterocycles. The lowest BCUT2D eigenvalue weighted by atomic mass is 10.0. The van der Waals surface area contributed by atoms with Crippen LogP contribution in [-0.4, -0.2) is 10.9 Å². The maximum Gasteiger partial charge on any atom is 0.215 e. The summed E-state index contributed by atoms with van der Waals surface area (Å²) in [6, 6.07) is 0. The summed E-state index contributed by atoms with van der Waals surface area (Å²) in [5.41, 5.74) is 0. The maximum absolute atomic E-state index is 13.4. The quantitative estimate of drug-likeness (QED) is 0.397. The number of carbonyl (C=O) groups excluding carboxylic acids is 1. The van der Waals surface area contributed by atoms with Crippen molar-refractivity contribution in [2.45, 2.75) is 4.58 Å². The van der Waals surface area contributed by atoms with E-state index in [1.54, 1.807) is 0 Å². The van der Waals surface area contributed by atoms with Crippen LogP contribution in [0.15, 0.2) is 21.1 Å². The molecular formula is C7H4Br3FO. The molecule has 2 unspecified atom stereocenters. The molecule has 1 aliphatic rings. The fraction of sp³-hybridized carbons (Fsp3) is 0.286. The second kappa shape index (κ2) is 3.72. The van der Waals surface area contributed by atoms with Gasteiger partial charge in [0.1, 0.15) is 6.29 Å². The van der Waals surface area contributed by atoms with Crippen LogP contribution in [0.5, 0.6) is 0 Å². The first-order chi connectivity index (χ1) is 5.49. The molecule has 1 nitrogen and oxygen atoms in total. The fourth-order valence-electron chi connectivity index (χ4n) is 0.793. The zero-order chi connectivity index (χ0) is 9.35. The van der Waals surface area contributed by atoms with Gasteiger partial charge in [-0.15, -0.1) is 0 Å². The number of alkyl halides is 2. The molecule has 1 rings (SSSR count). The van der Waals surface area contributed by atoms with Crippen molar-refractivity contribution in [2.24, 2.45) is 5.92 Å². The van der Waals surface area contributed by atoms with Crippen LogP contribution in [0.3, 0.4) is 0 Å². The van der Waals surface area contributed by atoms with E-state index in [0.29, 0.717) is 8.96 Å². The van der Waals surface area contributed by atoms with Crippen molar-refractivity contribution in [2.75, 3.05) is 0 Å². The van der Waals surface area contributed by atoms with Crippen LogP contribution >= 0.6 is 47.8 Å². The van der Waals surface area contributed by atoms with Crippen LogP contribution in [0, 0.1) is 5.92 Å². The molecule has 0 aromatic carbocycles. The number of halogens is 4. The Hall–Kier alpha value is 0.520. The van der Waals surface area contributed by atoms with E-state index in [1.807, 2.05) is 0 Å². The van der Waals surface area contributed by atoms with Gasteiger partial charge < -0.3 is 4.79 Å². The van der Waals surface area contributed by atoms with Crippen molar-refractivity contribution in [3.05, 3.63) is 21.1 Å². The SMILES string of the molecule is O=CC1C=CC(F)(Br)C(Br)=C1Br. The third-order valence-corrected chi connectivity index (χ3v) is 5.11. The smallest absolute Gasteiger partial charge is 0.215 e. The van der Waals surface area contributed by atoms with E-state index in [-0.39, 0.29) is 5.92 Å². The molecule has 0 fully saturated rings. The zero-order valence-electron chi connectivity index (χ0n) is 5.73. The van der Waals surface area contributed by atoms with E-state index in [4.69, 9.17) is 0 Å². The van der Waals surface area contributed by atoms with Gasteiger partial charge in [0.25, 0.3) is 0 Å². The van der Waals surface area contributed by atoms with Gasteiger partial charge in [-0.25, -0.2) is 4.39 Å². The maximum atomic E-state index is 13.4. The predicted octanol–water partition coefficient (Wildman–Crippen LogP) is 3.43.